The summed E-state index contributed by atoms with van der Waals surface area (Å²) in [5.41, 5.74) is 0. The molecule has 21 heavy (non-hydrogen) atoms. The Morgan fingerprint density at radius 2 is 2.05 bits per heavy atom. The molecule has 3 N–H and O–H groups in total. The van der Waals surface area contributed by atoms with Gasteiger partial charge in [-0.05, 0) is 25.1 Å². The van der Waals surface area contributed by atoms with Crippen molar-refractivity contribution >= 4 is 35.1 Å². The van der Waals surface area contributed by atoms with Crippen molar-refractivity contribution in [2.45, 2.75) is 25.6 Å². The molecule has 1 unspecified atom stereocenters. The molecular weight excluding hydrogens is 321 g/mol. The van der Waals surface area contributed by atoms with E-state index in [0.717, 1.165) is 0 Å². The van der Waals surface area contributed by atoms with E-state index in [9.17, 15) is 9.59 Å². The van der Waals surface area contributed by atoms with Crippen LogP contribution in [0.3, 0.4) is 0 Å². The Bertz CT molecular complexity index is 523. The number of carbonyl (C=O) groups excluding carboxylic acids is 1. The largest absolute Gasteiger partial charge is 0.479 e. The Hall–Kier alpha value is -1.50. The summed E-state index contributed by atoms with van der Waals surface area (Å²) >= 11 is 11.7. The highest BCUT2D eigenvalue weighted by Crippen LogP contribution is 2.28. The van der Waals surface area contributed by atoms with Crippen molar-refractivity contribution in [3.8, 4) is 5.75 Å². The quantitative estimate of drug-likeness (QED) is 0.705. The van der Waals surface area contributed by atoms with Gasteiger partial charge in [0.1, 0.15) is 5.75 Å². The van der Waals surface area contributed by atoms with Crippen LogP contribution in [0.5, 0.6) is 5.75 Å². The van der Waals surface area contributed by atoms with Gasteiger partial charge in [0, 0.05) is 18.0 Å². The first-order valence-corrected chi connectivity index (χ1v) is 6.87. The van der Waals surface area contributed by atoms with E-state index in [1.807, 2.05) is 0 Å². The molecule has 1 amide bonds. The minimum atomic E-state index is -1.51. The van der Waals surface area contributed by atoms with Gasteiger partial charge in [-0.25, -0.2) is 4.79 Å². The van der Waals surface area contributed by atoms with Gasteiger partial charge in [-0.2, -0.15) is 0 Å². The van der Waals surface area contributed by atoms with Gasteiger partial charge in [0.05, 0.1) is 5.02 Å². The maximum Gasteiger partial charge on any atom is 0.332 e. The summed E-state index contributed by atoms with van der Waals surface area (Å²) in [7, 11) is 0. The molecule has 0 bridgehead atoms. The second-order valence-electron chi connectivity index (χ2n) is 4.27. The summed E-state index contributed by atoms with van der Waals surface area (Å²) < 4.78 is 5.39. The number of amides is 1. The summed E-state index contributed by atoms with van der Waals surface area (Å²) in [6.45, 7) is 1.54. The first kappa shape index (κ1) is 17.6. The van der Waals surface area contributed by atoms with Gasteiger partial charge in [-0.1, -0.05) is 23.2 Å². The molecule has 0 aromatic heterocycles. The van der Waals surface area contributed by atoms with Gasteiger partial charge in [0.25, 0.3) is 5.91 Å². The molecule has 8 heteroatoms. The van der Waals surface area contributed by atoms with Crippen molar-refractivity contribution in [1.29, 1.82) is 0 Å². The van der Waals surface area contributed by atoms with Gasteiger partial charge in [0.2, 0.25) is 0 Å². The van der Waals surface area contributed by atoms with Crippen LogP contribution in [0.1, 0.15) is 13.3 Å². The predicted octanol–water partition coefficient (Wildman–Crippen LogP) is 1.71. The predicted molar refractivity (Wildman–Crippen MR) is 77.8 cm³/mol. The first-order chi connectivity index (χ1) is 9.81. The maximum atomic E-state index is 11.7. The third kappa shape index (κ3) is 5.79. The second-order valence-corrected chi connectivity index (χ2v) is 5.11. The fourth-order valence-electron chi connectivity index (χ4n) is 1.41. The van der Waals surface area contributed by atoms with Gasteiger partial charge in [0.15, 0.2) is 12.2 Å². The summed E-state index contributed by atoms with van der Waals surface area (Å²) in [5, 5.41) is 20.7. The van der Waals surface area contributed by atoms with Gasteiger partial charge < -0.3 is 20.3 Å². The van der Waals surface area contributed by atoms with Crippen LogP contribution in [-0.2, 0) is 9.59 Å². The van der Waals surface area contributed by atoms with E-state index in [1.165, 1.54) is 13.0 Å². The molecule has 6 nitrogen and oxygen atoms in total. The molecule has 1 rings (SSSR count). The first-order valence-electron chi connectivity index (χ1n) is 6.11. The number of nitrogens with one attached hydrogen (secondary N) is 1. The molecule has 0 aliphatic rings. The van der Waals surface area contributed by atoms with Crippen LogP contribution in [0.4, 0.5) is 0 Å². The summed E-state index contributed by atoms with van der Waals surface area (Å²) in [4.78, 5) is 22.1. The summed E-state index contributed by atoms with van der Waals surface area (Å²) in [5.74, 6) is -1.46. The lowest BCUT2D eigenvalue weighted by Crippen LogP contribution is -2.38. The number of carboxylic acids is 1. The van der Waals surface area contributed by atoms with E-state index in [-0.39, 0.29) is 18.0 Å². The molecule has 116 valence electrons. The summed E-state index contributed by atoms with van der Waals surface area (Å²) in [6.07, 6.45) is -2.42. The SMILES string of the molecule is CC(Oc1ccc(Cl)cc1Cl)C(=O)NCC[C@H](O)C(=O)O. The number of halogens is 2. The zero-order chi connectivity index (χ0) is 16.0. The topological polar surface area (TPSA) is 95.9 Å². The van der Waals surface area contributed by atoms with Crippen molar-refractivity contribution < 1.29 is 24.5 Å². The average Bonchev–Trinajstić information content (AvgIpc) is 2.41. The lowest BCUT2D eigenvalue weighted by atomic mass is 10.2. The zero-order valence-electron chi connectivity index (χ0n) is 11.2. The zero-order valence-corrected chi connectivity index (χ0v) is 12.7. The fraction of sp³-hybridized carbons (Fsp3) is 0.385. The van der Waals surface area contributed by atoms with Crippen LogP contribution >= 0.6 is 23.2 Å². The van der Waals surface area contributed by atoms with E-state index < -0.39 is 24.1 Å². The standard InChI is InChI=1S/C13H15Cl2NO5/c1-7(12(18)16-5-4-10(17)13(19)20)21-11-3-2-8(14)6-9(11)15/h2-3,6-7,10,17H,4-5H2,1H3,(H,16,18)(H,19,20)/t7?,10-/m0/s1. The van der Waals surface area contributed by atoms with Crippen molar-refractivity contribution in [3.05, 3.63) is 28.2 Å². The molecule has 0 fully saturated rings. The molecule has 0 heterocycles. The van der Waals surface area contributed by atoms with Gasteiger partial charge in [-0.15, -0.1) is 0 Å². The third-order valence-electron chi connectivity index (χ3n) is 2.57. The minimum Gasteiger partial charge on any atom is -0.479 e. The smallest absolute Gasteiger partial charge is 0.332 e. The Balaban J connectivity index is 2.46. The Kier molecular flexibility index (Phi) is 6.74. The number of aliphatic carboxylic acids is 1. The lowest BCUT2D eigenvalue weighted by molar-refractivity contribution is -0.147. The number of carbonyl (C=O) groups is 2. The number of benzene rings is 1. The molecule has 0 aliphatic heterocycles. The number of aliphatic hydroxyl groups is 1. The molecule has 1 aromatic rings. The number of hydrogen-bond donors (Lipinski definition) is 3. The van der Waals surface area contributed by atoms with E-state index in [2.05, 4.69) is 5.32 Å². The van der Waals surface area contributed by atoms with Gasteiger partial charge in [-0.3, -0.25) is 4.79 Å². The highest BCUT2D eigenvalue weighted by Gasteiger charge is 2.17. The monoisotopic (exact) mass is 335 g/mol. The summed E-state index contributed by atoms with van der Waals surface area (Å²) in [6, 6.07) is 4.62. The Morgan fingerprint density at radius 1 is 1.38 bits per heavy atom. The second kappa shape index (κ2) is 8.07. The Morgan fingerprint density at radius 3 is 2.62 bits per heavy atom. The van der Waals surface area contributed by atoms with Crippen LogP contribution in [0.25, 0.3) is 0 Å². The van der Waals surface area contributed by atoms with Crippen molar-refractivity contribution in [2.24, 2.45) is 0 Å². The van der Waals surface area contributed by atoms with E-state index >= 15 is 0 Å². The van der Waals surface area contributed by atoms with Crippen LogP contribution < -0.4 is 10.1 Å². The number of aliphatic hydroxyl groups excluding tert-OH is 1. The normalized spacial score (nSPS) is 13.3. The van der Waals surface area contributed by atoms with Crippen molar-refractivity contribution in [3.63, 3.8) is 0 Å². The molecule has 1 aromatic carbocycles. The van der Waals surface area contributed by atoms with Crippen LogP contribution in [-0.4, -0.2) is 40.8 Å². The number of rotatable bonds is 7. The maximum absolute atomic E-state index is 11.7. The highest BCUT2D eigenvalue weighted by atomic mass is 35.5. The molecule has 2 atom stereocenters. The van der Waals surface area contributed by atoms with Crippen molar-refractivity contribution in [2.75, 3.05) is 6.54 Å². The fourth-order valence-corrected chi connectivity index (χ4v) is 1.87. The van der Waals surface area contributed by atoms with Crippen molar-refractivity contribution in [1.82, 2.24) is 5.32 Å². The number of hydrogen-bond acceptors (Lipinski definition) is 4. The van der Waals surface area contributed by atoms with Gasteiger partial charge >= 0.3 is 5.97 Å². The average molecular weight is 336 g/mol. The third-order valence-corrected chi connectivity index (χ3v) is 3.10. The molecule has 0 spiro atoms. The van der Waals surface area contributed by atoms with E-state index in [1.54, 1.807) is 12.1 Å². The van der Waals surface area contributed by atoms with E-state index in [4.69, 9.17) is 38.2 Å². The molecular formula is C13H15Cl2NO5. The minimum absolute atomic E-state index is 0.0222. The lowest BCUT2D eigenvalue weighted by Gasteiger charge is -2.16. The molecule has 0 aliphatic carbocycles. The molecule has 0 radical (unpaired) electrons. The number of ether oxygens (including phenoxy) is 1. The van der Waals surface area contributed by atoms with E-state index in [0.29, 0.717) is 10.8 Å². The van der Waals surface area contributed by atoms with Crippen LogP contribution in [0.15, 0.2) is 18.2 Å². The highest BCUT2D eigenvalue weighted by molar-refractivity contribution is 6.35. The number of carboxylic acid groups (broad SMARTS) is 1. The van der Waals surface area contributed by atoms with Crippen LogP contribution in [0, 0.1) is 0 Å². The van der Waals surface area contributed by atoms with Crippen LogP contribution in [0.2, 0.25) is 10.0 Å². The molecule has 0 saturated carbocycles. The molecule has 0 saturated heterocycles. The Labute approximate surface area is 131 Å².